The van der Waals surface area contributed by atoms with Crippen LogP contribution in [0.4, 0.5) is 4.39 Å². The van der Waals surface area contributed by atoms with Crippen molar-refractivity contribution < 1.29 is 8.91 Å². The average molecular weight is 333 g/mol. The molecule has 21 heavy (non-hydrogen) atoms. The highest BCUT2D eigenvalue weighted by atomic mass is 35.5. The van der Waals surface area contributed by atoms with E-state index in [2.05, 4.69) is 20.4 Å². The van der Waals surface area contributed by atoms with Gasteiger partial charge in [-0.15, -0.1) is 12.4 Å². The van der Waals surface area contributed by atoms with E-state index in [1.165, 1.54) is 18.2 Å². The minimum Gasteiger partial charge on any atom is -0.334 e. The van der Waals surface area contributed by atoms with Crippen LogP contribution in [0.25, 0.3) is 11.5 Å². The summed E-state index contributed by atoms with van der Waals surface area (Å²) in [5.41, 5.74) is 0.540. The van der Waals surface area contributed by atoms with Crippen molar-refractivity contribution in [1.29, 1.82) is 0 Å². The van der Waals surface area contributed by atoms with Crippen molar-refractivity contribution in [3.63, 3.8) is 0 Å². The molecule has 0 aliphatic carbocycles. The lowest BCUT2D eigenvalue weighted by atomic mass is 10.2. The Balaban J connectivity index is 0.00000161. The molecule has 1 aliphatic heterocycles. The van der Waals surface area contributed by atoms with Crippen molar-refractivity contribution in [2.24, 2.45) is 0 Å². The zero-order chi connectivity index (χ0) is 14.1. The van der Waals surface area contributed by atoms with Gasteiger partial charge < -0.3 is 9.84 Å². The zero-order valence-corrected chi connectivity index (χ0v) is 12.9. The van der Waals surface area contributed by atoms with Crippen LogP contribution in [-0.2, 0) is 0 Å². The molecule has 1 aliphatic rings. The van der Waals surface area contributed by atoms with Crippen LogP contribution in [0.3, 0.4) is 0 Å². The van der Waals surface area contributed by atoms with Crippen molar-refractivity contribution in [3.05, 3.63) is 34.9 Å². The van der Waals surface area contributed by atoms with Crippen LogP contribution >= 0.6 is 24.0 Å². The summed E-state index contributed by atoms with van der Waals surface area (Å²) in [4.78, 5) is 6.54. The lowest BCUT2D eigenvalue weighted by molar-refractivity contribution is 0.190. The van der Waals surface area contributed by atoms with Crippen molar-refractivity contribution in [3.8, 4) is 11.5 Å². The maximum absolute atomic E-state index is 13.0. The fraction of sp³-hybridized carbons (Fsp3) is 0.385. The maximum Gasteiger partial charge on any atom is 0.259 e. The smallest absolute Gasteiger partial charge is 0.259 e. The monoisotopic (exact) mass is 332 g/mol. The molecule has 0 spiro atoms. The first-order valence-electron chi connectivity index (χ1n) is 6.35. The van der Waals surface area contributed by atoms with Crippen molar-refractivity contribution >= 4 is 24.0 Å². The molecule has 0 bridgehead atoms. The quantitative estimate of drug-likeness (QED) is 0.915. The Bertz CT molecular complexity index is 622. The molecule has 0 amide bonds. The van der Waals surface area contributed by atoms with Gasteiger partial charge in [0.2, 0.25) is 0 Å². The number of hydrogen-bond donors (Lipinski definition) is 1. The molecule has 1 unspecified atom stereocenters. The third kappa shape index (κ3) is 3.35. The lowest BCUT2D eigenvalue weighted by Gasteiger charge is -2.30. The second kappa shape index (κ2) is 6.70. The van der Waals surface area contributed by atoms with Gasteiger partial charge in [-0.05, 0) is 25.2 Å². The zero-order valence-electron chi connectivity index (χ0n) is 11.3. The highest BCUT2D eigenvalue weighted by molar-refractivity contribution is 6.33. The number of halogens is 3. The molecule has 5 nitrogen and oxygen atoms in total. The van der Waals surface area contributed by atoms with Gasteiger partial charge in [0.05, 0.1) is 16.6 Å². The van der Waals surface area contributed by atoms with Crippen molar-refractivity contribution in [2.45, 2.75) is 6.04 Å². The van der Waals surface area contributed by atoms with Crippen molar-refractivity contribution in [1.82, 2.24) is 20.4 Å². The first-order chi connectivity index (χ1) is 9.65. The van der Waals surface area contributed by atoms with Crippen LogP contribution < -0.4 is 5.32 Å². The van der Waals surface area contributed by atoms with Gasteiger partial charge >= 0.3 is 0 Å². The highest BCUT2D eigenvalue weighted by Crippen LogP contribution is 2.28. The van der Waals surface area contributed by atoms with E-state index in [0.29, 0.717) is 17.3 Å². The first kappa shape index (κ1) is 16.2. The van der Waals surface area contributed by atoms with Gasteiger partial charge in [-0.3, -0.25) is 4.90 Å². The molecule has 2 heterocycles. The fourth-order valence-electron chi connectivity index (χ4n) is 2.24. The summed E-state index contributed by atoms with van der Waals surface area (Å²) in [6.07, 6.45) is 0. The molecule has 2 aromatic rings. The summed E-state index contributed by atoms with van der Waals surface area (Å²) >= 11 is 6.00. The van der Waals surface area contributed by atoms with E-state index in [9.17, 15) is 4.39 Å². The molecule has 8 heteroatoms. The largest absolute Gasteiger partial charge is 0.334 e. The number of piperazine rings is 1. The molecule has 1 aromatic heterocycles. The number of nitrogens with zero attached hydrogens (tertiary/aromatic N) is 3. The number of hydrogen-bond acceptors (Lipinski definition) is 5. The van der Waals surface area contributed by atoms with E-state index in [1.807, 2.05) is 7.05 Å². The summed E-state index contributed by atoms with van der Waals surface area (Å²) in [7, 11) is 2.02. The summed E-state index contributed by atoms with van der Waals surface area (Å²) in [6.45, 7) is 2.64. The van der Waals surface area contributed by atoms with Gasteiger partial charge in [0, 0.05) is 19.6 Å². The normalized spacial score (nSPS) is 19.3. The van der Waals surface area contributed by atoms with Gasteiger partial charge in [0.15, 0.2) is 5.82 Å². The number of likely N-dealkylation sites (N-methyl/N-ethyl adjacent to an activating group) is 1. The summed E-state index contributed by atoms with van der Waals surface area (Å²) < 4.78 is 18.3. The van der Waals surface area contributed by atoms with Gasteiger partial charge in [-0.25, -0.2) is 4.39 Å². The topological polar surface area (TPSA) is 54.2 Å². The number of benzene rings is 1. The molecule has 114 valence electrons. The van der Waals surface area contributed by atoms with Gasteiger partial charge in [-0.1, -0.05) is 16.8 Å². The molecule has 1 N–H and O–H groups in total. The molecular weight excluding hydrogens is 318 g/mol. The van der Waals surface area contributed by atoms with Crippen molar-refractivity contribution in [2.75, 3.05) is 26.7 Å². The Morgan fingerprint density at radius 2 is 2.29 bits per heavy atom. The molecular formula is C13H15Cl2FN4O. The van der Waals surface area contributed by atoms with E-state index in [0.717, 1.165) is 19.6 Å². The SMILES string of the molecule is CN1CCNCC1c1noc(-c2ccc(F)cc2Cl)n1.Cl. The Morgan fingerprint density at radius 1 is 1.48 bits per heavy atom. The molecule has 3 rings (SSSR count). The van der Waals surface area contributed by atoms with E-state index in [-0.39, 0.29) is 23.5 Å². The van der Waals surface area contributed by atoms with Gasteiger partial charge in [0.25, 0.3) is 5.89 Å². The molecule has 0 saturated carbocycles. The third-order valence-electron chi connectivity index (χ3n) is 3.41. The summed E-state index contributed by atoms with van der Waals surface area (Å²) in [5, 5.41) is 7.56. The van der Waals surface area contributed by atoms with Gasteiger partial charge in [0.1, 0.15) is 5.82 Å². The minimum absolute atomic E-state index is 0. The maximum atomic E-state index is 13.0. The highest BCUT2D eigenvalue weighted by Gasteiger charge is 2.25. The predicted molar refractivity (Wildman–Crippen MR) is 80.2 cm³/mol. The summed E-state index contributed by atoms with van der Waals surface area (Å²) in [5.74, 6) is 0.522. The van der Waals surface area contributed by atoms with Crippen LogP contribution in [0.2, 0.25) is 5.02 Å². The van der Waals surface area contributed by atoms with E-state index < -0.39 is 5.82 Å². The van der Waals surface area contributed by atoms with Gasteiger partial charge in [-0.2, -0.15) is 4.98 Å². The second-order valence-corrected chi connectivity index (χ2v) is 5.19. The Morgan fingerprint density at radius 3 is 3.00 bits per heavy atom. The molecule has 0 radical (unpaired) electrons. The Kier molecular flexibility index (Phi) is 5.16. The van der Waals surface area contributed by atoms with Crippen LogP contribution in [0.15, 0.2) is 22.7 Å². The summed E-state index contributed by atoms with van der Waals surface area (Å²) in [6, 6.07) is 4.16. The van der Waals surface area contributed by atoms with E-state index in [4.69, 9.17) is 16.1 Å². The van der Waals surface area contributed by atoms with Crippen LogP contribution in [-0.4, -0.2) is 41.7 Å². The number of nitrogens with one attached hydrogen (secondary N) is 1. The van der Waals surface area contributed by atoms with E-state index in [1.54, 1.807) is 0 Å². The number of aromatic nitrogens is 2. The lowest BCUT2D eigenvalue weighted by Crippen LogP contribution is -2.44. The molecule has 1 atom stereocenters. The minimum atomic E-state index is -0.394. The Labute approximate surface area is 132 Å². The predicted octanol–water partition coefficient (Wildman–Crippen LogP) is 2.53. The van der Waals surface area contributed by atoms with Crippen LogP contribution in [0, 0.1) is 5.82 Å². The van der Waals surface area contributed by atoms with E-state index >= 15 is 0 Å². The standard InChI is InChI=1S/C13H14ClFN4O.ClH/c1-19-5-4-16-7-11(19)12-17-13(20-18-12)9-3-2-8(15)6-10(9)14;/h2-3,6,11,16H,4-5,7H2,1H3;1H. The second-order valence-electron chi connectivity index (χ2n) is 4.78. The number of rotatable bonds is 2. The first-order valence-corrected chi connectivity index (χ1v) is 6.73. The average Bonchev–Trinajstić information content (AvgIpc) is 2.88. The third-order valence-corrected chi connectivity index (χ3v) is 3.73. The van der Waals surface area contributed by atoms with Crippen LogP contribution in [0.5, 0.6) is 0 Å². The van der Waals surface area contributed by atoms with Crippen LogP contribution in [0.1, 0.15) is 11.9 Å². The molecule has 1 saturated heterocycles. The molecule has 1 aromatic carbocycles. The fourth-order valence-corrected chi connectivity index (χ4v) is 2.48. The molecule has 1 fully saturated rings. The Hall–Kier alpha value is -1.21.